The first-order valence-corrected chi connectivity index (χ1v) is 8.74. The van der Waals surface area contributed by atoms with Crippen LogP contribution in [0.4, 0.5) is 0 Å². The molecule has 128 valence electrons. The van der Waals surface area contributed by atoms with Crippen molar-refractivity contribution < 1.29 is 5.11 Å². The molecule has 1 aliphatic rings. The molecular weight excluding hydrogens is 302 g/mol. The van der Waals surface area contributed by atoms with Crippen LogP contribution in [-0.2, 0) is 25.8 Å². The molecular formula is C19H25N3O2. The molecule has 0 aliphatic heterocycles. The third-order valence-electron chi connectivity index (χ3n) is 4.71. The second-order valence-corrected chi connectivity index (χ2v) is 6.40. The number of aromatic nitrogens is 2. The van der Waals surface area contributed by atoms with Gasteiger partial charge in [-0.2, -0.15) is 5.10 Å². The lowest BCUT2D eigenvalue weighted by Crippen LogP contribution is -2.30. The maximum absolute atomic E-state index is 11.9. The summed E-state index contributed by atoms with van der Waals surface area (Å²) >= 11 is 0. The van der Waals surface area contributed by atoms with Gasteiger partial charge in [-0.3, -0.25) is 9.69 Å². The normalized spacial score (nSPS) is 13.9. The number of aliphatic hydroxyl groups excluding tert-OH is 1. The second-order valence-electron chi connectivity index (χ2n) is 6.40. The topological polar surface area (TPSA) is 69.2 Å². The summed E-state index contributed by atoms with van der Waals surface area (Å²) in [5, 5.41) is 16.3. The third-order valence-corrected chi connectivity index (χ3v) is 4.71. The number of hydrogen-bond acceptors (Lipinski definition) is 4. The Morgan fingerprint density at radius 3 is 2.58 bits per heavy atom. The maximum Gasteiger partial charge on any atom is 0.267 e. The molecule has 0 spiro atoms. The van der Waals surface area contributed by atoms with Gasteiger partial charge >= 0.3 is 0 Å². The van der Waals surface area contributed by atoms with Gasteiger partial charge in [0.25, 0.3) is 5.56 Å². The average Bonchev–Trinajstić information content (AvgIpc) is 2.62. The van der Waals surface area contributed by atoms with Crippen LogP contribution >= 0.6 is 0 Å². The zero-order valence-corrected chi connectivity index (χ0v) is 14.0. The number of nitrogens with one attached hydrogen (secondary N) is 1. The maximum atomic E-state index is 11.9. The number of aromatic amines is 1. The fourth-order valence-electron chi connectivity index (χ4n) is 3.45. The highest BCUT2D eigenvalue weighted by molar-refractivity contribution is 5.30. The standard InChI is InChI=1S/C19H25N3O2/c23-13-12-22(14-15-6-2-1-3-7-15)11-10-18-16-8-4-5-9-17(16)19(24)21-20-18/h1-3,6-7,23H,4-5,8-14H2,(H,21,24). The second kappa shape index (κ2) is 8.22. The summed E-state index contributed by atoms with van der Waals surface area (Å²) in [7, 11) is 0. The quantitative estimate of drug-likeness (QED) is 0.812. The van der Waals surface area contributed by atoms with Crippen LogP contribution in [-0.4, -0.2) is 39.9 Å². The number of fused-ring (bicyclic) bond motifs is 1. The van der Waals surface area contributed by atoms with Crippen molar-refractivity contribution in [2.75, 3.05) is 19.7 Å². The Balaban J connectivity index is 1.70. The highest BCUT2D eigenvalue weighted by atomic mass is 16.3. The molecule has 0 amide bonds. The summed E-state index contributed by atoms with van der Waals surface area (Å²) < 4.78 is 0. The summed E-state index contributed by atoms with van der Waals surface area (Å²) in [5.74, 6) is 0. The van der Waals surface area contributed by atoms with Gasteiger partial charge in [-0.15, -0.1) is 0 Å². The van der Waals surface area contributed by atoms with Crippen molar-refractivity contribution in [1.29, 1.82) is 0 Å². The van der Waals surface area contributed by atoms with Crippen molar-refractivity contribution in [3.63, 3.8) is 0 Å². The molecule has 5 heteroatoms. The van der Waals surface area contributed by atoms with E-state index < -0.39 is 0 Å². The molecule has 0 bridgehead atoms. The van der Waals surface area contributed by atoms with Crippen LogP contribution in [0, 0.1) is 0 Å². The lowest BCUT2D eigenvalue weighted by molar-refractivity contribution is 0.191. The van der Waals surface area contributed by atoms with Crippen LogP contribution in [0.25, 0.3) is 0 Å². The number of nitrogens with zero attached hydrogens (tertiary/aromatic N) is 2. The van der Waals surface area contributed by atoms with E-state index in [2.05, 4.69) is 27.2 Å². The molecule has 0 atom stereocenters. The van der Waals surface area contributed by atoms with E-state index in [1.807, 2.05) is 18.2 Å². The number of rotatable bonds is 7. The van der Waals surface area contributed by atoms with Crippen LogP contribution < -0.4 is 5.56 Å². The van der Waals surface area contributed by atoms with Crippen LogP contribution in [0.2, 0.25) is 0 Å². The van der Waals surface area contributed by atoms with E-state index >= 15 is 0 Å². The van der Waals surface area contributed by atoms with Crippen molar-refractivity contribution in [3.05, 3.63) is 63.1 Å². The van der Waals surface area contributed by atoms with Gasteiger partial charge in [-0.25, -0.2) is 5.10 Å². The van der Waals surface area contributed by atoms with Crippen molar-refractivity contribution in [2.24, 2.45) is 0 Å². The molecule has 3 rings (SSSR count). The van der Waals surface area contributed by atoms with Gasteiger partial charge in [0, 0.05) is 31.6 Å². The summed E-state index contributed by atoms with van der Waals surface area (Å²) in [6.07, 6.45) is 4.84. The first kappa shape index (κ1) is 16.9. The minimum atomic E-state index is -0.0232. The van der Waals surface area contributed by atoms with E-state index in [4.69, 9.17) is 0 Å². The Bertz CT molecular complexity index is 712. The molecule has 0 saturated heterocycles. The smallest absolute Gasteiger partial charge is 0.267 e. The van der Waals surface area contributed by atoms with Gasteiger partial charge < -0.3 is 5.11 Å². The first-order chi connectivity index (χ1) is 11.8. The van der Waals surface area contributed by atoms with E-state index in [0.717, 1.165) is 62.0 Å². The molecule has 0 fully saturated rings. The van der Waals surface area contributed by atoms with Crippen LogP contribution in [0.5, 0.6) is 0 Å². The minimum Gasteiger partial charge on any atom is -0.395 e. The molecule has 5 nitrogen and oxygen atoms in total. The molecule has 1 aliphatic carbocycles. The predicted molar refractivity (Wildman–Crippen MR) is 94.0 cm³/mol. The number of benzene rings is 1. The van der Waals surface area contributed by atoms with Crippen LogP contribution in [0.15, 0.2) is 35.1 Å². The highest BCUT2D eigenvalue weighted by Gasteiger charge is 2.18. The van der Waals surface area contributed by atoms with E-state index in [0.29, 0.717) is 6.54 Å². The SMILES string of the molecule is O=c1[nH]nc(CCN(CCO)Cc2ccccc2)c2c1CCCC2. The Kier molecular flexibility index (Phi) is 5.77. The van der Waals surface area contributed by atoms with Gasteiger partial charge in [-0.05, 0) is 36.8 Å². The Labute approximate surface area is 142 Å². The zero-order chi connectivity index (χ0) is 16.8. The number of H-pyrrole nitrogens is 1. The summed E-state index contributed by atoms with van der Waals surface area (Å²) in [6, 6.07) is 10.3. The Hall–Kier alpha value is -1.98. The van der Waals surface area contributed by atoms with E-state index in [1.54, 1.807) is 0 Å². The number of aliphatic hydroxyl groups is 1. The molecule has 2 aromatic rings. The molecule has 0 unspecified atom stereocenters. The lowest BCUT2D eigenvalue weighted by atomic mass is 9.91. The first-order valence-electron chi connectivity index (χ1n) is 8.74. The number of hydrogen-bond donors (Lipinski definition) is 2. The predicted octanol–water partition coefficient (Wildman–Crippen LogP) is 1.69. The fraction of sp³-hybridized carbons (Fsp3) is 0.474. The molecule has 1 aromatic heterocycles. The summed E-state index contributed by atoms with van der Waals surface area (Å²) in [4.78, 5) is 14.2. The van der Waals surface area contributed by atoms with Gasteiger partial charge in [0.1, 0.15) is 0 Å². The molecule has 0 radical (unpaired) electrons. The largest absolute Gasteiger partial charge is 0.395 e. The molecule has 0 saturated carbocycles. The van der Waals surface area contributed by atoms with Gasteiger partial charge in [0.2, 0.25) is 0 Å². The average molecular weight is 327 g/mol. The van der Waals surface area contributed by atoms with Gasteiger partial charge in [0.05, 0.1) is 12.3 Å². The summed E-state index contributed by atoms with van der Waals surface area (Å²) in [5.41, 5.74) is 4.32. The molecule has 1 heterocycles. The fourth-order valence-corrected chi connectivity index (χ4v) is 3.45. The van der Waals surface area contributed by atoms with Crippen molar-refractivity contribution in [1.82, 2.24) is 15.1 Å². The molecule has 2 N–H and O–H groups in total. The summed E-state index contributed by atoms with van der Waals surface area (Å²) in [6.45, 7) is 2.41. The van der Waals surface area contributed by atoms with Crippen LogP contribution in [0.3, 0.4) is 0 Å². The molecule has 24 heavy (non-hydrogen) atoms. The van der Waals surface area contributed by atoms with Gasteiger partial charge in [0.15, 0.2) is 0 Å². The Morgan fingerprint density at radius 1 is 1.08 bits per heavy atom. The van der Waals surface area contributed by atoms with E-state index in [-0.39, 0.29) is 12.2 Å². The Morgan fingerprint density at radius 2 is 1.83 bits per heavy atom. The highest BCUT2D eigenvalue weighted by Crippen LogP contribution is 2.20. The van der Waals surface area contributed by atoms with Crippen molar-refractivity contribution >= 4 is 0 Å². The van der Waals surface area contributed by atoms with Crippen LogP contribution in [0.1, 0.15) is 35.2 Å². The minimum absolute atomic E-state index is 0.0232. The molecule has 1 aromatic carbocycles. The monoisotopic (exact) mass is 327 g/mol. The lowest BCUT2D eigenvalue weighted by Gasteiger charge is -2.23. The van der Waals surface area contributed by atoms with Crippen molar-refractivity contribution in [2.45, 2.75) is 38.6 Å². The third kappa shape index (κ3) is 4.10. The zero-order valence-electron chi connectivity index (χ0n) is 14.0. The van der Waals surface area contributed by atoms with E-state index in [9.17, 15) is 9.90 Å². The van der Waals surface area contributed by atoms with Crippen molar-refractivity contribution in [3.8, 4) is 0 Å². The van der Waals surface area contributed by atoms with Gasteiger partial charge in [-0.1, -0.05) is 30.3 Å². The van der Waals surface area contributed by atoms with E-state index in [1.165, 1.54) is 5.56 Å².